The van der Waals surface area contributed by atoms with Crippen molar-refractivity contribution >= 4 is 5.91 Å². The van der Waals surface area contributed by atoms with Crippen LogP contribution in [0.5, 0.6) is 5.88 Å². The number of hydrogen-bond acceptors (Lipinski definition) is 6. The van der Waals surface area contributed by atoms with Crippen molar-refractivity contribution in [1.82, 2.24) is 15.0 Å². The largest absolute Gasteiger partial charge is 0.479 e. The third kappa shape index (κ3) is 5.45. The molecule has 2 fully saturated rings. The van der Waals surface area contributed by atoms with Gasteiger partial charge in [-0.1, -0.05) is 6.42 Å². The molecular weight excluding hydrogens is 346 g/mol. The van der Waals surface area contributed by atoms with Crippen molar-refractivity contribution in [1.29, 1.82) is 0 Å². The van der Waals surface area contributed by atoms with E-state index in [0.717, 1.165) is 6.54 Å². The van der Waals surface area contributed by atoms with Gasteiger partial charge in [0, 0.05) is 45.1 Å². The van der Waals surface area contributed by atoms with Crippen molar-refractivity contribution in [2.24, 2.45) is 5.92 Å². The molecule has 2 atom stereocenters. The lowest BCUT2D eigenvalue weighted by molar-refractivity contribution is -0.133. The summed E-state index contributed by atoms with van der Waals surface area (Å²) in [7, 11) is 3.24. The number of carbonyl (C=O) groups is 1. The summed E-state index contributed by atoms with van der Waals surface area (Å²) in [6, 6.07) is 2.39. The van der Waals surface area contributed by atoms with Gasteiger partial charge in [0.05, 0.1) is 13.7 Å². The van der Waals surface area contributed by atoms with Crippen LogP contribution in [0.25, 0.3) is 0 Å². The molecule has 0 aliphatic carbocycles. The van der Waals surface area contributed by atoms with Gasteiger partial charge in [-0.15, -0.1) is 0 Å². The molecule has 3 heterocycles. The smallest absolute Gasteiger partial charge is 0.254 e. The quantitative estimate of drug-likeness (QED) is 0.656. The van der Waals surface area contributed by atoms with Gasteiger partial charge in [0.15, 0.2) is 0 Å². The second-order valence-electron chi connectivity index (χ2n) is 7.67. The molecule has 0 N–H and O–H groups in total. The lowest BCUT2D eigenvalue weighted by Gasteiger charge is -2.45. The van der Waals surface area contributed by atoms with E-state index in [1.807, 2.05) is 4.90 Å². The Labute approximate surface area is 161 Å². The van der Waals surface area contributed by atoms with Gasteiger partial charge >= 0.3 is 0 Å². The highest BCUT2D eigenvalue weighted by molar-refractivity contribution is 5.76. The van der Waals surface area contributed by atoms with Crippen LogP contribution >= 0.6 is 0 Å². The monoisotopic (exact) mass is 379 g/mol. The number of ether oxygens (including phenoxy) is 2. The Morgan fingerprint density at radius 3 is 2.93 bits per heavy atom. The van der Waals surface area contributed by atoms with Crippen molar-refractivity contribution in [3.05, 3.63) is 11.8 Å². The van der Waals surface area contributed by atoms with Crippen LogP contribution in [-0.4, -0.2) is 73.9 Å². The molecule has 2 saturated heterocycles. The molecule has 27 heavy (non-hydrogen) atoms. The Morgan fingerprint density at radius 1 is 1.30 bits per heavy atom. The van der Waals surface area contributed by atoms with Crippen molar-refractivity contribution in [3.63, 3.8) is 0 Å². The highest BCUT2D eigenvalue weighted by Crippen LogP contribution is 2.31. The van der Waals surface area contributed by atoms with E-state index in [4.69, 9.17) is 14.0 Å². The van der Waals surface area contributed by atoms with E-state index in [0.29, 0.717) is 49.6 Å². The fourth-order valence-electron chi connectivity index (χ4n) is 4.49. The molecule has 2 aliphatic rings. The number of methoxy groups -OCH3 is 2. The molecule has 2 aliphatic heterocycles. The summed E-state index contributed by atoms with van der Waals surface area (Å²) in [5.74, 6) is 1.87. The minimum absolute atomic E-state index is 0.162. The third-order valence-corrected chi connectivity index (χ3v) is 5.93. The van der Waals surface area contributed by atoms with Crippen molar-refractivity contribution in [3.8, 4) is 5.88 Å². The molecule has 0 saturated carbocycles. The number of fused-ring (bicyclic) bond motifs is 1. The van der Waals surface area contributed by atoms with Crippen LogP contribution in [0.1, 0.15) is 44.3 Å². The Balaban J connectivity index is 1.57. The summed E-state index contributed by atoms with van der Waals surface area (Å²) in [4.78, 5) is 17.5. The van der Waals surface area contributed by atoms with E-state index in [-0.39, 0.29) is 5.91 Å². The standard InChI is InChI=1S/C20H33N3O4/c1-25-13-12-23(20(24)9-8-17-14-19(26-2)21-27-17)15-16-6-5-11-22-10-4-3-7-18(16)22/h14,16,18H,3-13,15H2,1-2H3/t16-,18-/m0/s1. The van der Waals surface area contributed by atoms with Gasteiger partial charge in [-0.3, -0.25) is 4.79 Å². The van der Waals surface area contributed by atoms with Crippen LogP contribution in [0.2, 0.25) is 0 Å². The number of amides is 1. The lowest BCUT2D eigenvalue weighted by Crippen LogP contribution is -2.52. The van der Waals surface area contributed by atoms with E-state index in [1.165, 1.54) is 45.2 Å². The first kappa shape index (κ1) is 20.1. The van der Waals surface area contributed by atoms with Gasteiger partial charge in [-0.2, -0.15) is 0 Å². The SMILES string of the molecule is COCCN(C[C@@H]1CCCN2CCCC[C@@H]12)C(=O)CCc1cc(OC)no1. The summed E-state index contributed by atoms with van der Waals surface area (Å²) in [5, 5.41) is 3.80. The molecule has 1 aromatic heterocycles. The van der Waals surface area contributed by atoms with Crippen LogP contribution in [0.4, 0.5) is 0 Å². The van der Waals surface area contributed by atoms with Gasteiger partial charge in [0.25, 0.3) is 5.88 Å². The van der Waals surface area contributed by atoms with Crippen LogP contribution in [-0.2, 0) is 16.0 Å². The molecule has 0 radical (unpaired) electrons. The molecule has 1 amide bonds. The lowest BCUT2D eigenvalue weighted by atomic mass is 9.83. The van der Waals surface area contributed by atoms with E-state index < -0.39 is 0 Å². The minimum Gasteiger partial charge on any atom is -0.479 e. The van der Waals surface area contributed by atoms with Gasteiger partial charge in [0.2, 0.25) is 5.91 Å². The van der Waals surface area contributed by atoms with E-state index in [1.54, 1.807) is 20.3 Å². The highest BCUT2D eigenvalue weighted by Gasteiger charge is 2.34. The fourth-order valence-corrected chi connectivity index (χ4v) is 4.49. The number of rotatable bonds is 9. The van der Waals surface area contributed by atoms with Gasteiger partial charge in [-0.05, 0) is 49.8 Å². The normalized spacial score (nSPS) is 23.0. The maximum Gasteiger partial charge on any atom is 0.254 e. The summed E-state index contributed by atoms with van der Waals surface area (Å²) < 4.78 is 15.5. The van der Waals surface area contributed by atoms with E-state index >= 15 is 0 Å². The first-order valence-corrected chi connectivity index (χ1v) is 10.2. The van der Waals surface area contributed by atoms with Crippen LogP contribution in [0, 0.1) is 5.92 Å². The molecule has 0 bridgehead atoms. The number of piperidine rings is 2. The Kier molecular flexibility index (Phi) is 7.52. The number of carbonyl (C=O) groups excluding carboxylic acids is 1. The summed E-state index contributed by atoms with van der Waals surface area (Å²) >= 11 is 0. The fraction of sp³-hybridized carbons (Fsp3) is 0.800. The Bertz CT molecular complexity index is 590. The van der Waals surface area contributed by atoms with Gasteiger partial charge < -0.3 is 23.8 Å². The highest BCUT2D eigenvalue weighted by atomic mass is 16.5. The first-order valence-electron chi connectivity index (χ1n) is 10.2. The van der Waals surface area contributed by atoms with Gasteiger partial charge in [-0.25, -0.2) is 0 Å². The molecule has 3 rings (SSSR count). The molecular formula is C20H33N3O4. The van der Waals surface area contributed by atoms with Gasteiger partial charge in [0.1, 0.15) is 5.76 Å². The second kappa shape index (κ2) is 10.1. The van der Waals surface area contributed by atoms with Crippen molar-refractivity contribution in [2.75, 3.05) is 47.0 Å². The predicted octanol–water partition coefficient (Wildman–Crippen LogP) is 2.36. The molecule has 0 unspecified atom stereocenters. The Morgan fingerprint density at radius 2 is 2.15 bits per heavy atom. The molecule has 152 valence electrons. The zero-order chi connectivity index (χ0) is 19.1. The average molecular weight is 380 g/mol. The number of nitrogens with zero attached hydrogens (tertiary/aromatic N) is 3. The first-order chi connectivity index (χ1) is 13.2. The average Bonchev–Trinajstić information content (AvgIpc) is 3.17. The van der Waals surface area contributed by atoms with E-state index in [2.05, 4.69) is 10.1 Å². The van der Waals surface area contributed by atoms with Crippen LogP contribution in [0.15, 0.2) is 10.6 Å². The van der Waals surface area contributed by atoms with Crippen LogP contribution < -0.4 is 4.74 Å². The summed E-state index contributed by atoms with van der Waals surface area (Å²) in [6.45, 7) is 4.51. The van der Waals surface area contributed by atoms with Crippen LogP contribution in [0.3, 0.4) is 0 Å². The molecule has 0 aromatic carbocycles. The Hall–Kier alpha value is -1.60. The summed E-state index contributed by atoms with van der Waals surface area (Å²) in [6.07, 6.45) is 7.33. The van der Waals surface area contributed by atoms with Crippen molar-refractivity contribution < 1.29 is 18.8 Å². The zero-order valence-corrected chi connectivity index (χ0v) is 16.7. The number of aryl methyl sites for hydroxylation is 1. The number of aromatic nitrogens is 1. The second-order valence-corrected chi connectivity index (χ2v) is 7.67. The third-order valence-electron chi connectivity index (χ3n) is 5.93. The topological polar surface area (TPSA) is 68.0 Å². The minimum atomic E-state index is 0.162. The van der Waals surface area contributed by atoms with E-state index in [9.17, 15) is 4.79 Å². The number of hydrogen-bond donors (Lipinski definition) is 0. The maximum absolute atomic E-state index is 12.9. The maximum atomic E-state index is 12.9. The van der Waals surface area contributed by atoms with Crippen molar-refractivity contribution in [2.45, 2.75) is 51.0 Å². The molecule has 7 nitrogen and oxygen atoms in total. The summed E-state index contributed by atoms with van der Waals surface area (Å²) in [5.41, 5.74) is 0. The molecule has 7 heteroatoms. The molecule has 0 spiro atoms. The molecule has 1 aromatic rings. The zero-order valence-electron chi connectivity index (χ0n) is 16.7. The predicted molar refractivity (Wildman–Crippen MR) is 102 cm³/mol.